The Morgan fingerprint density at radius 2 is 1.86 bits per heavy atom. The van der Waals surface area contributed by atoms with Crippen LogP contribution in [-0.4, -0.2) is 16.5 Å². The molecule has 0 heterocycles. The van der Waals surface area contributed by atoms with E-state index in [-0.39, 0.29) is 64.1 Å². The van der Waals surface area contributed by atoms with Gasteiger partial charge in [-0.05, 0) is 13.3 Å². The topological polar surface area (TPSA) is 72.2 Å². The molecule has 0 aliphatic carbocycles. The van der Waals surface area contributed by atoms with Crippen molar-refractivity contribution in [1.82, 2.24) is 5.32 Å². The Morgan fingerprint density at radius 3 is 2.07 bits per heavy atom. The normalized spacial score (nSPS) is 10.0. The Labute approximate surface area is 140 Å². The fraction of sp³-hybridized carbons (Fsp3) is 0.714. The molecular weight excluding hydrogens is 247 g/mol. The number of thiol groups is 2. The van der Waals surface area contributed by atoms with E-state index in [1.807, 2.05) is 6.92 Å². The maximum atomic E-state index is 10.3. The molecule has 80 valence electrons. The van der Waals surface area contributed by atoms with Crippen LogP contribution in [0.1, 0.15) is 28.1 Å². The molecular formula is C7H17KN2O2S2. The molecule has 0 fully saturated rings. The number of rotatable bonds is 3. The van der Waals surface area contributed by atoms with Gasteiger partial charge in [0.2, 0.25) is 0 Å². The van der Waals surface area contributed by atoms with E-state index in [1.165, 1.54) is 0 Å². The van der Waals surface area contributed by atoms with Crippen molar-refractivity contribution in [2.75, 3.05) is 0 Å². The molecule has 0 aromatic carbocycles. The smallest absolute Gasteiger partial charge is 1.00 e. The van der Waals surface area contributed by atoms with Gasteiger partial charge in [-0.25, -0.2) is 0 Å². The molecule has 0 spiro atoms. The molecule has 0 aromatic rings. The molecule has 0 radical (unpaired) electrons. The van der Waals surface area contributed by atoms with Crippen LogP contribution < -0.4 is 62.4 Å². The second kappa shape index (κ2) is 14.3. The molecule has 2 amide bonds. The summed E-state index contributed by atoms with van der Waals surface area (Å²) < 4.78 is 0. The summed E-state index contributed by atoms with van der Waals surface area (Å²) in [7, 11) is 0. The van der Waals surface area contributed by atoms with Crippen molar-refractivity contribution in [2.45, 2.75) is 32.7 Å². The first kappa shape index (κ1) is 20.7. The van der Waals surface area contributed by atoms with Gasteiger partial charge in [-0.1, -0.05) is 38.6 Å². The number of hydrogen-bond donors (Lipinski definition) is 4. The average Bonchev–Trinajstić information content (AvgIpc) is 1.83. The molecule has 0 bridgehead atoms. The van der Waals surface area contributed by atoms with E-state index in [0.717, 1.165) is 12.8 Å². The summed E-state index contributed by atoms with van der Waals surface area (Å²) in [6, 6.07) is 0.264. The van der Waals surface area contributed by atoms with Crippen molar-refractivity contribution in [3.63, 3.8) is 0 Å². The van der Waals surface area contributed by atoms with Crippen LogP contribution in [0.15, 0.2) is 0 Å². The van der Waals surface area contributed by atoms with Gasteiger partial charge in [0.1, 0.15) is 0 Å². The standard InChI is InChI=1S/C6H13NOS.CH3NOS.K.H/c1-3-4-5(2)7-6(8)9;2-1(3)4;;/h5H,3-4H2,1-2H3,(H2,7,8,9);(H3,2,3,4);;/q;;+1;-1. The van der Waals surface area contributed by atoms with Crippen LogP contribution in [0.3, 0.4) is 0 Å². The number of hydrogen-bond acceptors (Lipinski definition) is 2. The average molecular weight is 264 g/mol. The van der Waals surface area contributed by atoms with E-state index in [9.17, 15) is 4.79 Å². The van der Waals surface area contributed by atoms with E-state index >= 15 is 0 Å². The van der Waals surface area contributed by atoms with Crippen LogP contribution in [0.4, 0.5) is 9.59 Å². The second-order valence-electron chi connectivity index (χ2n) is 2.48. The monoisotopic (exact) mass is 264 g/mol. The number of nitrogens with one attached hydrogen (secondary N) is 1. The predicted octanol–water partition coefficient (Wildman–Crippen LogP) is -1.07. The van der Waals surface area contributed by atoms with Crippen molar-refractivity contribution in [2.24, 2.45) is 5.73 Å². The molecule has 0 aliphatic rings. The Bertz CT molecular complexity index is 171. The van der Waals surface area contributed by atoms with Crippen molar-refractivity contribution in [3.8, 4) is 0 Å². The number of primary amides is 1. The van der Waals surface area contributed by atoms with Crippen LogP contribution >= 0.6 is 25.3 Å². The molecule has 14 heavy (non-hydrogen) atoms. The minimum atomic E-state index is -0.639. The maximum Gasteiger partial charge on any atom is 1.00 e. The molecule has 7 heteroatoms. The molecule has 0 aromatic heterocycles. The molecule has 0 rings (SSSR count). The Morgan fingerprint density at radius 1 is 1.50 bits per heavy atom. The molecule has 1 unspecified atom stereocenters. The minimum absolute atomic E-state index is 0. The summed E-state index contributed by atoms with van der Waals surface area (Å²) in [4.78, 5) is 19.4. The summed E-state index contributed by atoms with van der Waals surface area (Å²) >= 11 is 6.69. The van der Waals surface area contributed by atoms with Gasteiger partial charge in [0, 0.05) is 6.04 Å². The first-order chi connectivity index (χ1) is 5.90. The molecule has 0 aliphatic heterocycles. The summed E-state index contributed by atoms with van der Waals surface area (Å²) in [5.41, 5.74) is 4.34. The SMILES string of the molecule is CCCC(C)NC(=O)S.NC(=O)S.[H-].[K+]. The van der Waals surface area contributed by atoms with Gasteiger partial charge < -0.3 is 12.5 Å². The number of carbonyl (C=O) groups excluding carboxylic acids is 2. The van der Waals surface area contributed by atoms with Gasteiger partial charge in [0.25, 0.3) is 10.5 Å². The van der Waals surface area contributed by atoms with Crippen LogP contribution in [0, 0.1) is 0 Å². The second-order valence-corrected chi connectivity index (χ2v) is 3.32. The van der Waals surface area contributed by atoms with E-state index < -0.39 is 5.24 Å². The molecule has 0 saturated carbocycles. The molecule has 1 atom stereocenters. The summed E-state index contributed by atoms with van der Waals surface area (Å²) in [5, 5.41) is 1.79. The van der Waals surface area contributed by atoms with Crippen molar-refractivity contribution in [3.05, 3.63) is 0 Å². The quantitative estimate of drug-likeness (QED) is 0.387. The zero-order valence-corrected chi connectivity index (χ0v) is 13.7. The molecule has 4 nitrogen and oxygen atoms in total. The number of amides is 2. The van der Waals surface area contributed by atoms with Crippen LogP contribution in [0.25, 0.3) is 0 Å². The molecule has 3 N–H and O–H groups in total. The van der Waals surface area contributed by atoms with Gasteiger partial charge in [-0.3, -0.25) is 9.59 Å². The van der Waals surface area contributed by atoms with E-state index in [1.54, 1.807) is 0 Å². The van der Waals surface area contributed by atoms with Crippen molar-refractivity contribution in [1.29, 1.82) is 0 Å². The fourth-order valence-corrected chi connectivity index (χ4v) is 0.936. The maximum absolute atomic E-state index is 10.3. The Kier molecular flexibility index (Phi) is 21.1. The van der Waals surface area contributed by atoms with E-state index in [0.29, 0.717) is 0 Å². The summed E-state index contributed by atoms with van der Waals surface area (Å²) in [6.07, 6.45) is 2.11. The molecule has 0 saturated heterocycles. The van der Waals surface area contributed by atoms with Gasteiger partial charge in [0.15, 0.2) is 0 Å². The third-order valence-corrected chi connectivity index (χ3v) is 1.22. The summed E-state index contributed by atoms with van der Waals surface area (Å²) in [5.74, 6) is 0. The van der Waals surface area contributed by atoms with Crippen LogP contribution in [0.2, 0.25) is 0 Å². The van der Waals surface area contributed by atoms with Crippen LogP contribution in [0.5, 0.6) is 0 Å². The van der Waals surface area contributed by atoms with Gasteiger partial charge in [0.05, 0.1) is 0 Å². The van der Waals surface area contributed by atoms with Gasteiger partial charge in [-0.15, -0.1) is 0 Å². The third kappa shape index (κ3) is 29.2. The van der Waals surface area contributed by atoms with Crippen molar-refractivity contribution < 1.29 is 62.4 Å². The first-order valence-electron chi connectivity index (χ1n) is 3.88. The largest absolute Gasteiger partial charge is 1.00 e. The van der Waals surface area contributed by atoms with Crippen LogP contribution in [-0.2, 0) is 0 Å². The first-order valence-corrected chi connectivity index (χ1v) is 4.77. The fourth-order valence-electron chi connectivity index (χ4n) is 0.716. The Balaban J connectivity index is -0.0000000883. The number of carbonyl (C=O) groups is 2. The predicted molar refractivity (Wildman–Crippen MR) is 61.6 cm³/mol. The van der Waals surface area contributed by atoms with E-state index in [4.69, 9.17) is 4.79 Å². The zero-order valence-electron chi connectivity index (χ0n) is 9.78. The Hall–Kier alpha value is 1.28. The number of nitrogens with two attached hydrogens (primary N) is 1. The van der Waals surface area contributed by atoms with Crippen molar-refractivity contribution >= 4 is 35.7 Å². The summed E-state index contributed by atoms with van der Waals surface area (Å²) in [6.45, 7) is 4.05. The van der Waals surface area contributed by atoms with Gasteiger partial charge >= 0.3 is 51.4 Å². The minimum Gasteiger partial charge on any atom is -1.00 e. The van der Waals surface area contributed by atoms with Gasteiger partial charge in [-0.2, -0.15) is 0 Å². The van der Waals surface area contributed by atoms with E-state index in [2.05, 4.69) is 43.2 Å². The zero-order chi connectivity index (χ0) is 10.9. The third-order valence-electron chi connectivity index (χ3n) is 1.09.